The third-order valence-electron chi connectivity index (χ3n) is 3.01. The number of carbonyl (C=O) groups excluding carboxylic acids is 1. The monoisotopic (exact) mass is 381 g/mol. The van der Waals surface area contributed by atoms with E-state index in [1.54, 1.807) is 12.2 Å². The van der Waals surface area contributed by atoms with Crippen molar-refractivity contribution in [2.45, 2.75) is 25.7 Å². The van der Waals surface area contributed by atoms with Crippen LogP contribution in [0.4, 0.5) is 4.79 Å². The van der Waals surface area contributed by atoms with Gasteiger partial charge in [-0.25, -0.2) is 4.79 Å². The van der Waals surface area contributed by atoms with Crippen LogP contribution in [-0.2, 0) is 18.9 Å². The molecule has 8 heteroatoms. The van der Waals surface area contributed by atoms with Crippen molar-refractivity contribution in [3.8, 4) is 0 Å². The summed E-state index contributed by atoms with van der Waals surface area (Å²) in [5, 5.41) is 11.1. The molecular formula is C17H32ClNO6. The van der Waals surface area contributed by atoms with E-state index in [-0.39, 0.29) is 13.2 Å². The minimum absolute atomic E-state index is 0.00845. The van der Waals surface area contributed by atoms with Crippen LogP contribution in [-0.4, -0.2) is 76.5 Å². The Morgan fingerprint density at radius 2 is 1.60 bits per heavy atom. The van der Waals surface area contributed by atoms with Gasteiger partial charge in [0.1, 0.15) is 6.61 Å². The second-order valence-electron chi connectivity index (χ2n) is 5.12. The molecule has 148 valence electrons. The topological polar surface area (TPSA) is 86.3 Å². The van der Waals surface area contributed by atoms with Crippen molar-refractivity contribution in [2.75, 3.05) is 65.3 Å². The first-order valence-electron chi connectivity index (χ1n) is 8.77. The second kappa shape index (κ2) is 21.2. The molecule has 0 saturated carbocycles. The van der Waals surface area contributed by atoms with Crippen LogP contribution in [0.5, 0.6) is 0 Å². The molecule has 0 bridgehead atoms. The number of ether oxygens (including phenoxy) is 4. The van der Waals surface area contributed by atoms with E-state index in [0.29, 0.717) is 39.6 Å². The highest BCUT2D eigenvalue weighted by atomic mass is 35.5. The first kappa shape index (κ1) is 24.1. The average molecular weight is 382 g/mol. The van der Waals surface area contributed by atoms with Crippen LogP contribution in [0.25, 0.3) is 0 Å². The summed E-state index contributed by atoms with van der Waals surface area (Å²) in [4.78, 5) is 11.3. The largest absolute Gasteiger partial charge is 0.447 e. The Hall–Kier alpha value is -0.860. The Balaban J connectivity index is 3.16. The Labute approximate surface area is 155 Å². The number of aliphatic hydroxyl groups excluding tert-OH is 1. The fourth-order valence-electron chi connectivity index (χ4n) is 1.74. The summed E-state index contributed by atoms with van der Waals surface area (Å²) >= 11 is 5.60. The minimum Gasteiger partial charge on any atom is -0.447 e. The third kappa shape index (κ3) is 21.1. The van der Waals surface area contributed by atoms with Crippen LogP contribution >= 0.6 is 11.6 Å². The highest BCUT2D eigenvalue weighted by molar-refractivity contribution is 6.17. The number of alkyl halides is 1. The molecule has 0 aliphatic rings. The molecule has 25 heavy (non-hydrogen) atoms. The maximum absolute atomic E-state index is 11.3. The zero-order valence-corrected chi connectivity index (χ0v) is 15.7. The maximum Gasteiger partial charge on any atom is 0.407 e. The predicted octanol–water partition coefficient (Wildman–Crippen LogP) is 2.11. The van der Waals surface area contributed by atoms with E-state index >= 15 is 0 Å². The number of rotatable bonds is 18. The normalized spacial score (nSPS) is 11.1. The van der Waals surface area contributed by atoms with Crippen LogP contribution < -0.4 is 5.32 Å². The Morgan fingerprint density at radius 1 is 0.880 bits per heavy atom. The lowest BCUT2D eigenvalue weighted by atomic mass is 10.2. The second-order valence-corrected chi connectivity index (χ2v) is 5.50. The van der Waals surface area contributed by atoms with E-state index in [9.17, 15) is 4.79 Å². The van der Waals surface area contributed by atoms with Crippen molar-refractivity contribution in [1.82, 2.24) is 5.32 Å². The number of unbranched alkanes of at least 4 members (excludes halogenated alkanes) is 3. The van der Waals surface area contributed by atoms with Gasteiger partial charge in [0, 0.05) is 19.0 Å². The van der Waals surface area contributed by atoms with Crippen molar-refractivity contribution in [3.05, 3.63) is 12.2 Å². The number of aliphatic hydroxyl groups is 1. The SMILES string of the molecule is O=C(NCCOCCOCCCCCCCl)OCCOC/C=C/CO. The highest BCUT2D eigenvalue weighted by Crippen LogP contribution is 2.00. The molecule has 1 amide bonds. The van der Waals surface area contributed by atoms with E-state index in [4.69, 9.17) is 35.7 Å². The fraction of sp³-hybridized carbons (Fsp3) is 0.824. The molecular weight excluding hydrogens is 350 g/mol. The van der Waals surface area contributed by atoms with Crippen molar-refractivity contribution in [3.63, 3.8) is 0 Å². The first-order chi connectivity index (χ1) is 12.3. The third-order valence-corrected chi connectivity index (χ3v) is 3.27. The molecule has 0 saturated heterocycles. The molecule has 0 heterocycles. The van der Waals surface area contributed by atoms with E-state index in [0.717, 1.165) is 38.2 Å². The summed E-state index contributed by atoms with van der Waals surface area (Å²) in [5.74, 6) is 0.729. The van der Waals surface area contributed by atoms with E-state index < -0.39 is 6.09 Å². The van der Waals surface area contributed by atoms with Gasteiger partial charge in [0.05, 0.1) is 39.6 Å². The predicted molar refractivity (Wildman–Crippen MR) is 97.2 cm³/mol. The number of hydrogen-bond acceptors (Lipinski definition) is 6. The summed E-state index contributed by atoms with van der Waals surface area (Å²) in [6.45, 7) is 3.47. The van der Waals surface area contributed by atoms with Crippen molar-refractivity contribution >= 4 is 17.7 Å². The van der Waals surface area contributed by atoms with Gasteiger partial charge in [0.15, 0.2) is 0 Å². The van der Waals surface area contributed by atoms with Crippen LogP contribution in [0.2, 0.25) is 0 Å². The number of nitrogens with one attached hydrogen (secondary N) is 1. The number of halogens is 1. The number of carbonyl (C=O) groups is 1. The standard InChI is InChI=1S/C17H32ClNO6/c18-7-3-1-2-5-10-22-13-14-24-12-8-19-17(21)25-16-15-23-11-6-4-9-20/h4,6,20H,1-3,5,7-16H2,(H,19,21)/b6-4+. The summed E-state index contributed by atoms with van der Waals surface area (Å²) in [6.07, 6.45) is 7.19. The lowest BCUT2D eigenvalue weighted by Gasteiger charge is -2.08. The number of hydrogen-bond donors (Lipinski definition) is 2. The lowest BCUT2D eigenvalue weighted by molar-refractivity contribution is 0.0460. The average Bonchev–Trinajstić information content (AvgIpc) is 2.62. The zero-order valence-electron chi connectivity index (χ0n) is 14.9. The van der Waals surface area contributed by atoms with Crippen LogP contribution in [0.15, 0.2) is 12.2 Å². The van der Waals surface area contributed by atoms with Crippen molar-refractivity contribution in [2.24, 2.45) is 0 Å². The zero-order chi connectivity index (χ0) is 18.4. The van der Waals surface area contributed by atoms with Gasteiger partial charge in [0.2, 0.25) is 0 Å². The molecule has 0 aromatic rings. The molecule has 0 spiro atoms. The molecule has 2 N–H and O–H groups in total. The minimum atomic E-state index is -0.494. The van der Waals surface area contributed by atoms with Gasteiger partial charge in [0.25, 0.3) is 0 Å². The van der Waals surface area contributed by atoms with Gasteiger partial charge in [-0.05, 0) is 12.8 Å². The Kier molecular flexibility index (Phi) is 20.5. The van der Waals surface area contributed by atoms with Gasteiger partial charge in [-0.3, -0.25) is 0 Å². The number of amides is 1. The van der Waals surface area contributed by atoms with E-state index in [2.05, 4.69) is 5.32 Å². The van der Waals surface area contributed by atoms with E-state index in [1.807, 2.05) is 0 Å². The fourth-order valence-corrected chi connectivity index (χ4v) is 1.93. The summed E-state index contributed by atoms with van der Waals surface area (Å²) in [7, 11) is 0. The molecule has 0 rings (SSSR count). The number of alkyl carbamates (subject to hydrolysis) is 1. The van der Waals surface area contributed by atoms with Gasteiger partial charge in [-0.15, -0.1) is 11.6 Å². The summed E-state index contributed by atoms with van der Waals surface area (Å²) in [5.41, 5.74) is 0. The van der Waals surface area contributed by atoms with Crippen LogP contribution in [0.1, 0.15) is 25.7 Å². The molecule has 0 aliphatic heterocycles. The summed E-state index contributed by atoms with van der Waals surface area (Å²) < 4.78 is 20.9. The van der Waals surface area contributed by atoms with Gasteiger partial charge >= 0.3 is 6.09 Å². The van der Waals surface area contributed by atoms with Crippen LogP contribution in [0, 0.1) is 0 Å². The molecule has 0 aromatic heterocycles. The molecule has 0 radical (unpaired) electrons. The Morgan fingerprint density at radius 3 is 2.36 bits per heavy atom. The molecule has 7 nitrogen and oxygen atoms in total. The molecule has 0 unspecified atom stereocenters. The summed E-state index contributed by atoms with van der Waals surface area (Å²) in [6, 6.07) is 0. The molecule has 0 fully saturated rings. The van der Waals surface area contributed by atoms with Gasteiger partial charge < -0.3 is 29.4 Å². The van der Waals surface area contributed by atoms with Gasteiger partial charge in [-0.2, -0.15) is 0 Å². The smallest absolute Gasteiger partial charge is 0.407 e. The van der Waals surface area contributed by atoms with Crippen molar-refractivity contribution < 1.29 is 28.8 Å². The van der Waals surface area contributed by atoms with E-state index in [1.165, 1.54) is 0 Å². The molecule has 0 aliphatic carbocycles. The molecule has 0 aromatic carbocycles. The first-order valence-corrected chi connectivity index (χ1v) is 9.30. The van der Waals surface area contributed by atoms with Gasteiger partial charge in [-0.1, -0.05) is 25.0 Å². The maximum atomic E-state index is 11.3. The van der Waals surface area contributed by atoms with Crippen LogP contribution in [0.3, 0.4) is 0 Å². The highest BCUT2D eigenvalue weighted by Gasteiger charge is 2.00. The Bertz CT molecular complexity index is 318. The lowest BCUT2D eigenvalue weighted by Crippen LogP contribution is -2.29. The van der Waals surface area contributed by atoms with Crippen molar-refractivity contribution in [1.29, 1.82) is 0 Å². The molecule has 0 atom stereocenters. The quantitative estimate of drug-likeness (QED) is 0.215.